The van der Waals surface area contributed by atoms with Crippen LogP contribution in [0.2, 0.25) is 0 Å². The topological polar surface area (TPSA) is 35.5 Å². The molecule has 1 unspecified atom stereocenters. The second kappa shape index (κ2) is 6.59. The highest BCUT2D eigenvalue weighted by molar-refractivity contribution is 5.89. The lowest BCUT2D eigenvalue weighted by atomic mass is 10.2. The molecule has 0 amide bonds. The summed E-state index contributed by atoms with van der Waals surface area (Å²) < 4.78 is 10.3. The van der Waals surface area contributed by atoms with Crippen LogP contribution in [0, 0.1) is 11.8 Å². The molecule has 0 spiro atoms. The maximum absolute atomic E-state index is 11.8. The minimum absolute atomic E-state index is 0.338. The summed E-state index contributed by atoms with van der Waals surface area (Å²) in [5.74, 6) is 5.94. The van der Waals surface area contributed by atoms with E-state index in [1.807, 2.05) is 6.92 Å². The first-order valence-electron chi connectivity index (χ1n) is 5.48. The van der Waals surface area contributed by atoms with Gasteiger partial charge in [0, 0.05) is 0 Å². The van der Waals surface area contributed by atoms with E-state index in [0.29, 0.717) is 17.7 Å². The van der Waals surface area contributed by atoms with Crippen LogP contribution in [0.25, 0.3) is 0 Å². The van der Waals surface area contributed by atoms with E-state index in [4.69, 9.17) is 9.47 Å². The maximum Gasteiger partial charge on any atom is 0.339 e. The van der Waals surface area contributed by atoms with Gasteiger partial charge in [-0.25, -0.2) is 4.79 Å². The molecule has 0 radical (unpaired) electrons. The number of hydrogen-bond acceptors (Lipinski definition) is 3. The minimum atomic E-state index is -0.359. The molecule has 0 aromatic heterocycles. The van der Waals surface area contributed by atoms with E-state index in [2.05, 4.69) is 11.8 Å². The summed E-state index contributed by atoms with van der Waals surface area (Å²) >= 11 is 0. The van der Waals surface area contributed by atoms with Gasteiger partial charge in [-0.05, 0) is 37.6 Å². The van der Waals surface area contributed by atoms with E-state index < -0.39 is 0 Å². The van der Waals surface area contributed by atoms with Crippen molar-refractivity contribution >= 4 is 5.97 Å². The van der Waals surface area contributed by atoms with E-state index in [-0.39, 0.29) is 12.1 Å². The molecule has 0 bridgehead atoms. The third-order valence-corrected chi connectivity index (χ3v) is 2.25. The number of rotatable bonds is 4. The predicted molar refractivity (Wildman–Crippen MR) is 65.9 cm³/mol. The molecular weight excluding hydrogens is 216 g/mol. The summed E-state index contributed by atoms with van der Waals surface area (Å²) in [5.41, 5.74) is 0.502. The second-order valence-electron chi connectivity index (χ2n) is 3.43. The Bertz CT molecular complexity index is 423. The van der Waals surface area contributed by atoms with Crippen molar-refractivity contribution in [1.29, 1.82) is 0 Å². The molecular formula is C14H16O3. The van der Waals surface area contributed by atoms with Gasteiger partial charge in [-0.2, -0.15) is 0 Å². The normalized spacial score (nSPS) is 11.0. The van der Waals surface area contributed by atoms with E-state index in [0.717, 1.165) is 0 Å². The van der Waals surface area contributed by atoms with Crippen LogP contribution in [0.5, 0.6) is 5.75 Å². The zero-order valence-electron chi connectivity index (χ0n) is 10.3. The Balaban J connectivity index is 2.70. The molecule has 0 fully saturated rings. The summed E-state index contributed by atoms with van der Waals surface area (Å²) in [4.78, 5) is 11.8. The number of carbonyl (C=O) groups excluding carboxylic acids is 1. The molecule has 0 aliphatic rings. The van der Waals surface area contributed by atoms with Crippen molar-refractivity contribution in [2.75, 3.05) is 7.11 Å². The van der Waals surface area contributed by atoms with Gasteiger partial charge in [0.2, 0.25) is 0 Å². The summed E-state index contributed by atoms with van der Waals surface area (Å²) in [5, 5.41) is 0. The summed E-state index contributed by atoms with van der Waals surface area (Å²) in [6, 6.07) is 6.80. The van der Waals surface area contributed by atoms with Gasteiger partial charge >= 0.3 is 5.97 Å². The molecule has 1 aromatic rings. The van der Waals surface area contributed by atoms with Gasteiger partial charge in [0.1, 0.15) is 5.75 Å². The highest BCUT2D eigenvalue weighted by atomic mass is 16.5. The van der Waals surface area contributed by atoms with Crippen molar-refractivity contribution in [2.45, 2.75) is 26.4 Å². The van der Waals surface area contributed by atoms with Crippen LogP contribution in [0.4, 0.5) is 0 Å². The Morgan fingerprint density at radius 3 is 2.47 bits per heavy atom. The van der Waals surface area contributed by atoms with Crippen LogP contribution in [-0.2, 0) is 4.74 Å². The first kappa shape index (κ1) is 13.1. The highest BCUT2D eigenvalue weighted by Gasteiger charge is 2.12. The second-order valence-corrected chi connectivity index (χ2v) is 3.43. The highest BCUT2D eigenvalue weighted by Crippen LogP contribution is 2.13. The Labute approximate surface area is 102 Å². The van der Waals surface area contributed by atoms with Gasteiger partial charge in [-0.3, -0.25) is 0 Å². The number of benzene rings is 1. The maximum atomic E-state index is 11.8. The van der Waals surface area contributed by atoms with E-state index in [1.165, 1.54) is 0 Å². The number of ether oxygens (including phenoxy) is 2. The Hall–Kier alpha value is -1.95. The fraction of sp³-hybridized carbons (Fsp3) is 0.357. The van der Waals surface area contributed by atoms with Crippen molar-refractivity contribution in [2.24, 2.45) is 0 Å². The molecule has 0 aliphatic heterocycles. The molecule has 1 aromatic carbocycles. The van der Waals surface area contributed by atoms with E-state index in [9.17, 15) is 4.79 Å². The first-order chi connectivity index (χ1) is 8.21. The van der Waals surface area contributed by atoms with Gasteiger partial charge in [-0.15, -0.1) is 5.92 Å². The molecule has 3 heteroatoms. The van der Waals surface area contributed by atoms with Crippen molar-refractivity contribution < 1.29 is 14.3 Å². The summed E-state index contributed by atoms with van der Waals surface area (Å²) in [6.45, 7) is 3.65. The molecule has 0 aliphatic carbocycles. The molecule has 3 nitrogen and oxygen atoms in total. The third-order valence-electron chi connectivity index (χ3n) is 2.25. The van der Waals surface area contributed by atoms with Gasteiger partial charge in [0.05, 0.1) is 12.7 Å². The van der Waals surface area contributed by atoms with Crippen molar-refractivity contribution in [3.8, 4) is 17.6 Å². The van der Waals surface area contributed by atoms with Crippen LogP contribution < -0.4 is 4.74 Å². The lowest BCUT2D eigenvalue weighted by molar-refractivity contribution is 0.0404. The average Bonchev–Trinajstić information content (AvgIpc) is 2.38. The Morgan fingerprint density at radius 2 is 2.00 bits per heavy atom. The molecule has 90 valence electrons. The molecule has 0 saturated heterocycles. The zero-order valence-corrected chi connectivity index (χ0v) is 10.3. The average molecular weight is 232 g/mol. The lowest BCUT2D eigenvalue weighted by Gasteiger charge is -2.10. The molecule has 17 heavy (non-hydrogen) atoms. The van der Waals surface area contributed by atoms with Crippen LogP contribution >= 0.6 is 0 Å². The van der Waals surface area contributed by atoms with Crippen molar-refractivity contribution in [1.82, 2.24) is 0 Å². The van der Waals surface area contributed by atoms with Crippen LogP contribution in [0.15, 0.2) is 24.3 Å². The van der Waals surface area contributed by atoms with Crippen molar-refractivity contribution in [3.63, 3.8) is 0 Å². The summed E-state index contributed by atoms with van der Waals surface area (Å²) in [7, 11) is 1.58. The van der Waals surface area contributed by atoms with Gasteiger partial charge in [0.25, 0.3) is 0 Å². The Kier molecular flexibility index (Phi) is 5.09. The van der Waals surface area contributed by atoms with Crippen LogP contribution in [0.1, 0.15) is 30.6 Å². The number of hydrogen-bond donors (Lipinski definition) is 0. The Morgan fingerprint density at radius 1 is 1.35 bits per heavy atom. The van der Waals surface area contributed by atoms with Gasteiger partial charge < -0.3 is 9.47 Å². The van der Waals surface area contributed by atoms with Crippen LogP contribution in [-0.4, -0.2) is 19.2 Å². The number of esters is 1. The monoisotopic (exact) mass is 232 g/mol. The molecule has 1 rings (SSSR count). The fourth-order valence-electron chi connectivity index (χ4n) is 1.30. The third kappa shape index (κ3) is 3.84. The predicted octanol–water partition coefficient (Wildman–Crippen LogP) is 2.65. The largest absolute Gasteiger partial charge is 0.497 e. The molecule has 0 heterocycles. The van der Waals surface area contributed by atoms with E-state index in [1.54, 1.807) is 38.3 Å². The van der Waals surface area contributed by atoms with Gasteiger partial charge in [0.15, 0.2) is 6.10 Å². The van der Waals surface area contributed by atoms with Crippen molar-refractivity contribution in [3.05, 3.63) is 29.8 Å². The molecule has 0 N–H and O–H groups in total. The molecule has 0 saturated carbocycles. The lowest BCUT2D eigenvalue weighted by Crippen LogP contribution is -2.15. The standard InChI is InChI=1S/C14H16O3/c1-4-6-12(5-2)17-14(15)11-7-9-13(16-3)10-8-11/h7-10,12H,5H2,1-3H3. The molecule has 1 atom stereocenters. The van der Waals surface area contributed by atoms with Gasteiger partial charge in [-0.1, -0.05) is 12.8 Å². The number of methoxy groups -OCH3 is 1. The van der Waals surface area contributed by atoms with E-state index >= 15 is 0 Å². The smallest absolute Gasteiger partial charge is 0.339 e. The minimum Gasteiger partial charge on any atom is -0.497 e. The zero-order chi connectivity index (χ0) is 12.7. The fourth-order valence-corrected chi connectivity index (χ4v) is 1.30. The summed E-state index contributed by atoms with van der Waals surface area (Å²) in [6.07, 6.45) is 0.345. The number of carbonyl (C=O) groups is 1. The van der Waals surface area contributed by atoms with Crippen LogP contribution in [0.3, 0.4) is 0 Å². The quantitative estimate of drug-likeness (QED) is 0.591. The SMILES string of the molecule is CC#CC(CC)OC(=O)c1ccc(OC)cc1. The first-order valence-corrected chi connectivity index (χ1v) is 5.48.